The van der Waals surface area contributed by atoms with Crippen molar-refractivity contribution >= 4 is 28.8 Å². The summed E-state index contributed by atoms with van der Waals surface area (Å²) in [7, 11) is 1.56. The van der Waals surface area contributed by atoms with E-state index in [1.165, 1.54) is 10.5 Å². The van der Waals surface area contributed by atoms with Crippen molar-refractivity contribution in [3.63, 3.8) is 0 Å². The third-order valence-electron chi connectivity index (χ3n) is 5.59. The van der Waals surface area contributed by atoms with E-state index < -0.39 is 0 Å². The molecule has 0 saturated carbocycles. The fourth-order valence-electron chi connectivity index (χ4n) is 4.19. The van der Waals surface area contributed by atoms with Gasteiger partial charge in [0.05, 0.1) is 18.4 Å². The van der Waals surface area contributed by atoms with Gasteiger partial charge >= 0.3 is 0 Å². The Morgan fingerprint density at radius 2 is 1.60 bits per heavy atom. The van der Waals surface area contributed by atoms with Gasteiger partial charge in [0.2, 0.25) is 0 Å². The van der Waals surface area contributed by atoms with Gasteiger partial charge in [-0.25, -0.2) is 4.90 Å². The molecule has 0 bridgehead atoms. The first-order valence-corrected chi connectivity index (χ1v) is 9.87. The predicted molar refractivity (Wildman–Crippen MR) is 116 cm³/mol. The van der Waals surface area contributed by atoms with Gasteiger partial charge in [0.15, 0.2) is 0 Å². The van der Waals surface area contributed by atoms with E-state index in [2.05, 4.69) is 6.07 Å². The van der Waals surface area contributed by atoms with Crippen molar-refractivity contribution in [2.75, 3.05) is 23.5 Å². The lowest BCUT2D eigenvalue weighted by molar-refractivity contribution is -0.120. The number of carbonyl (C=O) groups excluding carboxylic acids is 2. The highest BCUT2D eigenvalue weighted by Gasteiger charge is 2.44. The van der Waals surface area contributed by atoms with Crippen molar-refractivity contribution in [2.45, 2.75) is 6.42 Å². The SMILES string of the molecule is COc1cccc(N2C(=O)C(c3ccccc3)=C(N3CCc4ccccc43)C2=O)c1. The van der Waals surface area contributed by atoms with Crippen molar-refractivity contribution in [1.82, 2.24) is 0 Å². The van der Waals surface area contributed by atoms with E-state index in [9.17, 15) is 9.59 Å². The van der Waals surface area contributed by atoms with Gasteiger partial charge in [0.25, 0.3) is 11.8 Å². The molecule has 30 heavy (non-hydrogen) atoms. The molecule has 148 valence electrons. The molecule has 0 aromatic heterocycles. The first-order valence-electron chi connectivity index (χ1n) is 9.87. The van der Waals surface area contributed by atoms with Gasteiger partial charge in [-0.05, 0) is 35.7 Å². The molecule has 0 N–H and O–H groups in total. The summed E-state index contributed by atoms with van der Waals surface area (Å²) < 4.78 is 5.30. The van der Waals surface area contributed by atoms with Crippen LogP contribution in [0.1, 0.15) is 11.1 Å². The molecule has 0 atom stereocenters. The smallest absolute Gasteiger partial charge is 0.282 e. The Balaban J connectivity index is 1.67. The van der Waals surface area contributed by atoms with Gasteiger partial charge < -0.3 is 9.64 Å². The average molecular weight is 396 g/mol. The number of hydrogen-bond acceptors (Lipinski definition) is 4. The summed E-state index contributed by atoms with van der Waals surface area (Å²) in [6.45, 7) is 0.663. The minimum atomic E-state index is -0.321. The van der Waals surface area contributed by atoms with E-state index in [1.807, 2.05) is 53.4 Å². The van der Waals surface area contributed by atoms with Crippen molar-refractivity contribution in [2.24, 2.45) is 0 Å². The van der Waals surface area contributed by atoms with E-state index in [0.29, 0.717) is 29.3 Å². The van der Waals surface area contributed by atoms with E-state index >= 15 is 0 Å². The number of rotatable bonds is 4. The fourth-order valence-corrected chi connectivity index (χ4v) is 4.19. The maximum absolute atomic E-state index is 13.7. The molecule has 2 aliphatic rings. The number of hydrogen-bond donors (Lipinski definition) is 0. The molecule has 0 aliphatic carbocycles. The Kier molecular flexibility index (Phi) is 4.36. The molecule has 0 fully saturated rings. The minimum Gasteiger partial charge on any atom is -0.497 e. The van der Waals surface area contributed by atoms with Crippen LogP contribution in [0.4, 0.5) is 11.4 Å². The molecule has 0 saturated heterocycles. The Morgan fingerprint density at radius 1 is 0.833 bits per heavy atom. The molecule has 0 radical (unpaired) electrons. The van der Waals surface area contributed by atoms with Crippen LogP contribution < -0.4 is 14.5 Å². The Morgan fingerprint density at radius 3 is 2.40 bits per heavy atom. The summed E-state index contributed by atoms with van der Waals surface area (Å²) in [6.07, 6.45) is 0.836. The van der Waals surface area contributed by atoms with Crippen LogP contribution in [0.5, 0.6) is 5.75 Å². The van der Waals surface area contributed by atoms with Gasteiger partial charge in [-0.15, -0.1) is 0 Å². The summed E-state index contributed by atoms with van der Waals surface area (Å²) >= 11 is 0. The summed E-state index contributed by atoms with van der Waals surface area (Å²) in [5.74, 6) is -0.0445. The number of amides is 2. The zero-order valence-corrected chi connectivity index (χ0v) is 16.5. The molecule has 5 heteroatoms. The molecular weight excluding hydrogens is 376 g/mol. The lowest BCUT2D eigenvalue weighted by Crippen LogP contribution is -2.34. The number of fused-ring (bicyclic) bond motifs is 1. The molecule has 5 rings (SSSR count). The van der Waals surface area contributed by atoms with Gasteiger partial charge in [-0.1, -0.05) is 54.6 Å². The number of benzene rings is 3. The summed E-state index contributed by atoms with van der Waals surface area (Å²) in [5.41, 5.74) is 4.26. The highest BCUT2D eigenvalue weighted by molar-refractivity contribution is 6.46. The molecule has 5 nitrogen and oxygen atoms in total. The molecule has 2 heterocycles. The van der Waals surface area contributed by atoms with Crippen molar-refractivity contribution in [3.8, 4) is 5.75 Å². The topological polar surface area (TPSA) is 49.9 Å². The van der Waals surface area contributed by atoms with E-state index in [4.69, 9.17) is 4.74 Å². The molecular formula is C25H20N2O3. The zero-order chi connectivity index (χ0) is 20.7. The average Bonchev–Trinajstić information content (AvgIpc) is 3.32. The molecule has 2 amide bonds. The Hall–Kier alpha value is -3.86. The van der Waals surface area contributed by atoms with Gasteiger partial charge in [0, 0.05) is 18.3 Å². The Labute approximate surface area is 174 Å². The van der Waals surface area contributed by atoms with Gasteiger partial charge in [-0.2, -0.15) is 0 Å². The van der Waals surface area contributed by atoms with Crippen LogP contribution in [0.2, 0.25) is 0 Å². The van der Waals surface area contributed by atoms with Crippen molar-refractivity contribution in [1.29, 1.82) is 0 Å². The summed E-state index contributed by atoms with van der Waals surface area (Å²) in [6, 6.07) is 24.5. The standard InChI is InChI=1S/C25H20N2O3/c1-30-20-12-7-11-19(16-20)27-24(28)22(18-9-3-2-4-10-18)23(25(27)29)26-15-14-17-8-5-6-13-21(17)26/h2-13,16H,14-15H2,1H3. The zero-order valence-electron chi connectivity index (χ0n) is 16.5. The van der Waals surface area contributed by atoms with Crippen LogP contribution in [-0.4, -0.2) is 25.5 Å². The third kappa shape index (κ3) is 2.78. The number of carbonyl (C=O) groups is 2. The number of nitrogens with zero attached hydrogens (tertiary/aromatic N) is 2. The van der Waals surface area contributed by atoms with Crippen LogP contribution in [0.25, 0.3) is 5.57 Å². The maximum Gasteiger partial charge on any atom is 0.282 e. The number of ether oxygens (including phenoxy) is 1. The number of para-hydroxylation sites is 1. The fraction of sp³-hybridized carbons (Fsp3) is 0.120. The van der Waals surface area contributed by atoms with Gasteiger partial charge in [0.1, 0.15) is 11.4 Å². The predicted octanol–water partition coefficient (Wildman–Crippen LogP) is 4.04. The van der Waals surface area contributed by atoms with Gasteiger partial charge in [-0.3, -0.25) is 9.59 Å². The van der Waals surface area contributed by atoms with Crippen LogP contribution in [0.15, 0.2) is 84.6 Å². The lowest BCUT2D eigenvalue weighted by atomic mass is 10.0. The molecule has 0 spiro atoms. The van der Waals surface area contributed by atoms with E-state index in [0.717, 1.165) is 17.7 Å². The van der Waals surface area contributed by atoms with Crippen LogP contribution in [0, 0.1) is 0 Å². The van der Waals surface area contributed by atoms with Crippen LogP contribution >= 0.6 is 0 Å². The molecule has 2 aliphatic heterocycles. The third-order valence-corrected chi connectivity index (χ3v) is 5.59. The quantitative estimate of drug-likeness (QED) is 0.625. The lowest BCUT2D eigenvalue weighted by Gasteiger charge is -2.22. The monoisotopic (exact) mass is 396 g/mol. The normalized spacial score (nSPS) is 15.8. The highest BCUT2D eigenvalue weighted by Crippen LogP contribution is 2.40. The number of imide groups is 1. The second-order valence-corrected chi connectivity index (χ2v) is 7.27. The summed E-state index contributed by atoms with van der Waals surface area (Å²) in [4.78, 5) is 30.5. The second-order valence-electron chi connectivity index (χ2n) is 7.27. The van der Waals surface area contributed by atoms with Crippen LogP contribution in [0.3, 0.4) is 0 Å². The van der Waals surface area contributed by atoms with E-state index in [1.54, 1.807) is 31.4 Å². The molecule has 3 aromatic rings. The second kappa shape index (κ2) is 7.19. The Bertz CT molecular complexity index is 1180. The number of methoxy groups -OCH3 is 1. The van der Waals surface area contributed by atoms with Crippen LogP contribution in [-0.2, 0) is 16.0 Å². The molecule has 3 aromatic carbocycles. The van der Waals surface area contributed by atoms with E-state index in [-0.39, 0.29) is 11.8 Å². The van der Waals surface area contributed by atoms with Crippen molar-refractivity contribution < 1.29 is 14.3 Å². The maximum atomic E-state index is 13.7. The van der Waals surface area contributed by atoms with Crippen molar-refractivity contribution in [3.05, 3.63) is 95.7 Å². The first-order chi connectivity index (χ1) is 14.7. The number of anilines is 2. The first kappa shape index (κ1) is 18.2. The summed E-state index contributed by atoms with van der Waals surface area (Å²) in [5, 5.41) is 0. The minimum absolute atomic E-state index is 0.316. The highest BCUT2D eigenvalue weighted by atomic mass is 16.5. The molecule has 0 unspecified atom stereocenters. The largest absolute Gasteiger partial charge is 0.497 e.